The third-order valence-electron chi connectivity index (χ3n) is 2.71. The first kappa shape index (κ1) is 9.46. The van der Waals surface area contributed by atoms with E-state index in [4.69, 9.17) is 4.42 Å². The van der Waals surface area contributed by atoms with Crippen LogP contribution in [0.1, 0.15) is 40.6 Å². The van der Waals surface area contributed by atoms with Gasteiger partial charge in [-0.05, 0) is 32.4 Å². The minimum atomic E-state index is 0.373. The lowest BCUT2D eigenvalue weighted by Crippen LogP contribution is -2.28. The van der Waals surface area contributed by atoms with Gasteiger partial charge < -0.3 is 9.73 Å². The van der Waals surface area contributed by atoms with Crippen molar-refractivity contribution in [3.8, 4) is 0 Å². The van der Waals surface area contributed by atoms with E-state index in [0.29, 0.717) is 5.92 Å². The highest BCUT2D eigenvalue weighted by atomic mass is 16.3. The van der Waals surface area contributed by atoms with Crippen LogP contribution >= 0.6 is 0 Å². The molecule has 1 fully saturated rings. The Bertz CT molecular complexity index is 324. The highest BCUT2D eigenvalue weighted by molar-refractivity contribution is 5.76. The zero-order chi connectivity index (χ0) is 9.97. The first-order valence-corrected chi connectivity index (χ1v) is 5.07. The molecule has 0 spiro atoms. The molecule has 14 heavy (non-hydrogen) atoms. The number of furan rings is 1. The number of aldehydes is 1. The summed E-state index contributed by atoms with van der Waals surface area (Å²) >= 11 is 0. The molecule has 1 saturated heterocycles. The molecule has 76 valence electrons. The number of carbonyl (C=O) groups excluding carboxylic acids is 1. The predicted molar refractivity (Wildman–Crippen MR) is 53.7 cm³/mol. The van der Waals surface area contributed by atoms with Crippen LogP contribution in [0.2, 0.25) is 0 Å². The van der Waals surface area contributed by atoms with Crippen LogP contribution in [0.5, 0.6) is 0 Å². The van der Waals surface area contributed by atoms with E-state index in [-0.39, 0.29) is 0 Å². The second-order valence-corrected chi connectivity index (χ2v) is 3.84. The van der Waals surface area contributed by atoms with Gasteiger partial charge in [-0.1, -0.05) is 0 Å². The number of nitrogens with one attached hydrogen (secondary N) is 1. The van der Waals surface area contributed by atoms with Gasteiger partial charge in [-0.25, -0.2) is 0 Å². The van der Waals surface area contributed by atoms with E-state index in [2.05, 4.69) is 5.32 Å². The first-order chi connectivity index (χ1) is 6.81. The van der Waals surface area contributed by atoms with Gasteiger partial charge in [0.05, 0.1) is 5.56 Å². The monoisotopic (exact) mass is 193 g/mol. The molecule has 2 rings (SSSR count). The number of carbonyl (C=O) groups is 1. The Morgan fingerprint density at radius 2 is 2.50 bits per heavy atom. The average Bonchev–Trinajstić information content (AvgIpc) is 2.61. The Morgan fingerprint density at radius 1 is 1.64 bits per heavy atom. The summed E-state index contributed by atoms with van der Waals surface area (Å²) in [5.74, 6) is 2.06. The number of hydrogen-bond acceptors (Lipinski definition) is 3. The summed E-state index contributed by atoms with van der Waals surface area (Å²) in [6.45, 7) is 3.88. The lowest BCUT2D eigenvalue weighted by atomic mass is 9.95. The largest absolute Gasteiger partial charge is 0.465 e. The van der Waals surface area contributed by atoms with Gasteiger partial charge >= 0.3 is 0 Å². The lowest BCUT2D eigenvalue weighted by molar-refractivity contribution is 0.112. The lowest BCUT2D eigenvalue weighted by Gasteiger charge is -2.21. The van der Waals surface area contributed by atoms with Crippen molar-refractivity contribution in [3.63, 3.8) is 0 Å². The van der Waals surface area contributed by atoms with Gasteiger partial charge in [-0.15, -0.1) is 0 Å². The van der Waals surface area contributed by atoms with E-state index in [9.17, 15) is 4.79 Å². The van der Waals surface area contributed by atoms with Crippen molar-refractivity contribution in [3.05, 3.63) is 23.2 Å². The van der Waals surface area contributed by atoms with Crippen molar-refractivity contribution >= 4 is 6.29 Å². The summed E-state index contributed by atoms with van der Waals surface area (Å²) in [7, 11) is 0. The highest BCUT2D eigenvalue weighted by Gasteiger charge is 2.21. The van der Waals surface area contributed by atoms with Crippen LogP contribution in [0.25, 0.3) is 0 Å². The molecule has 1 unspecified atom stereocenters. The van der Waals surface area contributed by atoms with E-state index >= 15 is 0 Å². The minimum Gasteiger partial charge on any atom is -0.465 e. The molecule has 1 N–H and O–H groups in total. The summed E-state index contributed by atoms with van der Waals surface area (Å²) < 4.78 is 5.57. The van der Waals surface area contributed by atoms with E-state index in [1.54, 1.807) is 0 Å². The summed E-state index contributed by atoms with van der Waals surface area (Å²) in [5, 5.41) is 3.32. The third kappa shape index (κ3) is 1.73. The van der Waals surface area contributed by atoms with Crippen LogP contribution in [-0.4, -0.2) is 19.4 Å². The zero-order valence-corrected chi connectivity index (χ0v) is 8.38. The molecule has 1 aromatic heterocycles. The van der Waals surface area contributed by atoms with Crippen molar-refractivity contribution in [1.29, 1.82) is 0 Å². The maximum atomic E-state index is 10.8. The first-order valence-electron chi connectivity index (χ1n) is 5.07. The second-order valence-electron chi connectivity index (χ2n) is 3.84. The smallest absolute Gasteiger partial charge is 0.153 e. The maximum Gasteiger partial charge on any atom is 0.153 e. The van der Waals surface area contributed by atoms with Gasteiger partial charge in [0.25, 0.3) is 0 Å². The van der Waals surface area contributed by atoms with E-state index < -0.39 is 0 Å². The van der Waals surface area contributed by atoms with Crippen LogP contribution in [-0.2, 0) is 0 Å². The van der Waals surface area contributed by atoms with E-state index in [1.165, 1.54) is 0 Å². The molecular weight excluding hydrogens is 178 g/mol. The Morgan fingerprint density at radius 3 is 3.14 bits per heavy atom. The number of hydrogen-bond donors (Lipinski definition) is 1. The van der Waals surface area contributed by atoms with Crippen LogP contribution in [0.15, 0.2) is 10.5 Å². The normalized spacial score (nSPS) is 22.2. The predicted octanol–water partition coefficient (Wildman–Crippen LogP) is 1.87. The summed E-state index contributed by atoms with van der Waals surface area (Å²) in [5.41, 5.74) is 0.719. The van der Waals surface area contributed by atoms with Gasteiger partial charge in [0.15, 0.2) is 6.29 Å². The molecule has 3 heteroatoms. The topological polar surface area (TPSA) is 42.2 Å². The molecule has 0 radical (unpaired) electrons. The fourth-order valence-electron chi connectivity index (χ4n) is 2.04. The van der Waals surface area contributed by atoms with Crippen LogP contribution in [0.4, 0.5) is 0 Å². The third-order valence-corrected chi connectivity index (χ3v) is 2.71. The summed E-state index contributed by atoms with van der Waals surface area (Å²) in [6.07, 6.45) is 3.16. The Balaban J connectivity index is 2.24. The fourth-order valence-corrected chi connectivity index (χ4v) is 2.04. The van der Waals surface area contributed by atoms with Gasteiger partial charge in [0.1, 0.15) is 11.5 Å². The molecule has 0 saturated carbocycles. The van der Waals surface area contributed by atoms with Crippen molar-refractivity contribution in [2.45, 2.75) is 25.7 Å². The van der Waals surface area contributed by atoms with E-state index in [0.717, 1.165) is 49.3 Å². The molecule has 1 atom stereocenters. The number of aryl methyl sites for hydroxylation is 1. The molecule has 0 aliphatic carbocycles. The second kappa shape index (κ2) is 3.96. The van der Waals surface area contributed by atoms with E-state index in [1.807, 2.05) is 13.0 Å². The molecular formula is C11H15NO2. The van der Waals surface area contributed by atoms with Gasteiger partial charge in [0, 0.05) is 12.5 Å². The quantitative estimate of drug-likeness (QED) is 0.729. The molecule has 3 nitrogen and oxygen atoms in total. The molecule has 0 bridgehead atoms. The average molecular weight is 193 g/mol. The molecule has 2 heterocycles. The van der Waals surface area contributed by atoms with Gasteiger partial charge in [0.2, 0.25) is 0 Å². The van der Waals surface area contributed by atoms with Crippen molar-refractivity contribution < 1.29 is 9.21 Å². The molecule has 1 aliphatic rings. The van der Waals surface area contributed by atoms with Crippen LogP contribution < -0.4 is 5.32 Å². The van der Waals surface area contributed by atoms with Crippen molar-refractivity contribution in [2.24, 2.45) is 0 Å². The maximum absolute atomic E-state index is 10.8. The van der Waals surface area contributed by atoms with Crippen LogP contribution in [0, 0.1) is 6.92 Å². The fraction of sp³-hybridized carbons (Fsp3) is 0.545. The highest BCUT2D eigenvalue weighted by Crippen LogP contribution is 2.27. The van der Waals surface area contributed by atoms with Gasteiger partial charge in [-0.3, -0.25) is 4.79 Å². The molecule has 1 aliphatic heterocycles. The SMILES string of the molecule is Cc1cc(C=O)c(C2CCCNC2)o1. The van der Waals surface area contributed by atoms with Gasteiger partial charge in [-0.2, -0.15) is 0 Å². The minimum absolute atomic E-state index is 0.373. The Hall–Kier alpha value is -1.09. The number of rotatable bonds is 2. The molecule has 0 aromatic carbocycles. The zero-order valence-electron chi connectivity index (χ0n) is 8.38. The van der Waals surface area contributed by atoms with Crippen LogP contribution in [0.3, 0.4) is 0 Å². The molecule has 0 amide bonds. The van der Waals surface area contributed by atoms with Crippen molar-refractivity contribution in [2.75, 3.05) is 13.1 Å². The number of piperidine rings is 1. The Kier molecular flexibility index (Phi) is 2.68. The summed E-state index contributed by atoms with van der Waals surface area (Å²) in [6, 6.07) is 1.82. The van der Waals surface area contributed by atoms with Crippen molar-refractivity contribution in [1.82, 2.24) is 5.32 Å². The Labute approximate surface area is 83.5 Å². The standard InChI is InChI=1S/C11H15NO2/c1-8-5-10(7-13)11(14-8)9-3-2-4-12-6-9/h5,7,9,12H,2-4,6H2,1H3. The summed E-state index contributed by atoms with van der Waals surface area (Å²) in [4.78, 5) is 10.8. The molecule has 1 aromatic rings.